The second-order valence-corrected chi connectivity index (χ2v) is 8.86. The van der Waals surface area contributed by atoms with E-state index in [2.05, 4.69) is 0 Å². The number of amides is 1. The number of benzene rings is 2. The lowest BCUT2D eigenvalue weighted by atomic mass is 10.2. The third-order valence-corrected chi connectivity index (χ3v) is 6.84. The van der Waals surface area contributed by atoms with Crippen LogP contribution in [0.1, 0.15) is 18.9 Å². The van der Waals surface area contributed by atoms with E-state index in [9.17, 15) is 13.2 Å². The number of nitrogens with zero attached hydrogens (tertiary/aromatic N) is 3. The fourth-order valence-corrected chi connectivity index (χ4v) is 4.66. The van der Waals surface area contributed by atoms with E-state index in [1.54, 1.807) is 17.0 Å². The Hall–Kier alpha value is -3.09. The van der Waals surface area contributed by atoms with Gasteiger partial charge in [-0.25, -0.2) is 8.42 Å². The molecule has 164 valence electrons. The molecule has 1 aliphatic heterocycles. The molecule has 0 aliphatic carbocycles. The van der Waals surface area contributed by atoms with E-state index in [4.69, 9.17) is 14.7 Å². The highest BCUT2D eigenvalue weighted by Crippen LogP contribution is 2.19. The molecule has 0 radical (unpaired) electrons. The van der Waals surface area contributed by atoms with E-state index in [-0.39, 0.29) is 36.9 Å². The average molecular weight is 444 g/mol. The lowest BCUT2D eigenvalue weighted by Crippen LogP contribution is -2.50. The van der Waals surface area contributed by atoms with Crippen LogP contribution in [-0.4, -0.2) is 62.9 Å². The first-order chi connectivity index (χ1) is 14.9. The number of sulfonamides is 1. The van der Waals surface area contributed by atoms with Crippen molar-refractivity contribution in [3.63, 3.8) is 0 Å². The first kappa shape index (κ1) is 22.6. The monoisotopic (exact) mass is 443 g/mol. The molecule has 0 saturated carbocycles. The Morgan fingerprint density at radius 1 is 0.968 bits per heavy atom. The van der Waals surface area contributed by atoms with E-state index in [1.165, 1.54) is 28.6 Å². The van der Waals surface area contributed by atoms with Crippen molar-refractivity contribution in [1.29, 1.82) is 5.26 Å². The van der Waals surface area contributed by atoms with E-state index in [0.717, 1.165) is 5.75 Å². The Kier molecular flexibility index (Phi) is 7.50. The number of rotatable bonds is 8. The van der Waals surface area contributed by atoms with Crippen molar-refractivity contribution in [3.05, 3.63) is 54.1 Å². The Bertz CT molecular complexity index is 1020. The molecule has 31 heavy (non-hydrogen) atoms. The summed E-state index contributed by atoms with van der Waals surface area (Å²) in [5, 5.41) is 8.86. The molecule has 2 aromatic rings. The highest BCUT2D eigenvalue weighted by Gasteiger charge is 2.30. The number of hydrogen-bond donors (Lipinski definition) is 0. The predicted octanol–water partition coefficient (Wildman–Crippen LogP) is 2.26. The van der Waals surface area contributed by atoms with Gasteiger partial charge in [-0.05, 0) is 55.5 Å². The molecule has 0 unspecified atom stereocenters. The summed E-state index contributed by atoms with van der Waals surface area (Å²) in [6.45, 7) is 3.88. The molecule has 1 fully saturated rings. The quantitative estimate of drug-likeness (QED) is 0.620. The molecular formula is C22H25N3O5S. The molecule has 9 heteroatoms. The summed E-state index contributed by atoms with van der Waals surface area (Å²) in [4.78, 5) is 14.3. The van der Waals surface area contributed by atoms with Crippen LogP contribution in [0, 0.1) is 11.3 Å². The van der Waals surface area contributed by atoms with Crippen molar-refractivity contribution in [3.8, 4) is 17.6 Å². The maximum atomic E-state index is 12.8. The summed E-state index contributed by atoms with van der Waals surface area (Å²) in [5.41, 5.74) is 0.404. The van der Waals surface area contributed by atoms with Gasteiger partial charge < -0.3 is 14.4 Å². The molecule has 0 N–H and O–H groups in total. The zero-order valence-electron chi connectivity index (χ0n) is 17.4. The minimum atomic E-state index is -3.65. The number of piperazine rings is 1. The van der Waals surface area contributed by atoms with Gasteiger partial charge in [0.25, 0.3) is 0 Å². The van der Waals surface area contributed by atoms with Crippen LogP contribution in [0.3, 0.4) is 0 Å². The van der Waals surface area contributed by atoms with Gasteiger partial charge in [0, 0.05) is 26.2 Å². The van der Waals surface area contributed by atoms with Crippen molar-refractivity contribution in [2.75, 3.05) is 39.4 Å². The van der Waals surface area contributed by atoms with Gasteiger partial charge in [-0.15, -0.1) is 0 Å². The maximum absolute atomic E-state index is 12.8. The Morgan fingerprint density at radius 3 is 2.10 bits per heavy atom. The van der Waals surface area contributed by atoms with Gasteiger partial charge >= 0.3 is 0 Å². The van der Waals surface area contributed by atoms with Gasteiger partial charge in [0.2, 0.25) is 15.9 Å². The third kappa shape index (κ3) is 5.75. The third-order valence-electron chi connectivity index (χ3n) is 4.93. The van der Waals surface area contributed by atoms with Crippen LogP contribution in [0.5, 0.6) is 11.5 Å². The average Bonchev–Trinajstić information content (AvgIpc) is 2.80. The summed E-state index contributed by atoms with van der Waals surface area (Å²) < 4.78 is 37.9. The van der Waals surface area contributed by atoms with Crippen molar-refractivity contribution in [2.45, 2.75) is 18.2 Å². The van der Waals surface area contributed by atoms with Gasteiger partial charge in [0.15, 0.2) is 0 Å². The molecule has 0 atom stereocenters. The lowest BCUT2D eigenvalue weighted by molar-refractivity contribution is -0.132. The summed E-state index contributed by atoms with van der Waals surface area (Å²) in [6.07, 6.45) is 0.218. The molecule has 0 bridgehead atoms. The summed E-state index contributed by atoms with van der Waals surface area (Å²) in [6, 6.07) is 15.0. The number of nitriles is 1. The maximum Gasteiger partial charge on any atom is 0.243 e. The highest BCUT2D eigenvalue weighted by atomic mass is 32.2. The second kappa shape index (κ2) is 10.3. The van der Waals surface area contributed by atoms with E-state index >= 15 is 0 Å². The van der Waals surface area contributed by atoms with Crippen molar-refractivity contribution in [2.24, 2.45) is 0 Å². The Labute approximate surface area is 182 Å². The molecule has 1 amide bonds. The minimum absolute atomic E-state index is 0.0682. The van der Waals surface area contributed by atoms with E-state index in [1.807, 2.05) is 25.1 Å². The Balaban J connectivity index is 1.46. The van der Waals surface area contributed by atoms with Crippen molar-refractivity contribution < 1.29 is 22.7 Å². The summed E-state index contributed by atoms with van der Waals surface area (Å²) >= 11 is 0. The number of hydrogen-bond acceptors (Lipinski definition) is 6. The van der Waals surface area contributed by atoms with Crippen molar-refractivity contribution >= 4 is 15.9 Å². The molecular weight excluding hydrogens is 418 g/mol. The smallest absolute Gasteiger partial charge is 0.243 e. The van der Waals surface area contributed by atoms with E-state index in [0.29, 0.717) is 31.0 Å². The molecule has 0 aromatic heterocycles. The normalized spacial score (nSPS) is 14.6. The van der Waals surface area contributed by atoms with Crippen molar-refractivity contribution in [1.82, 2.24) is 9.21 Å². The molecule has 1 aliphatic rings. The van der Waals surface area contributed by atoms with Crippen LogP contribution in [0.2, 0.25) is 0 Å². The van der Waals surface area contributed by atoms with Crippen LogP contribution >= 0.6 is 0 Å². The van der Waals surface area contributed by atoms with Gasteiger partial charge in [0.1, 0.15) is 11.5 Å². The first-order valence-corrected chi connectivity index (χ1v) is 11.5. The molecule has 1 heterocycles. The first-order valence-electron chi connectivity index (χ1n) is 10.1. The largest absolute Gasteiger partial charge is 0.494 e. The Morgan fingerprint density at radius 2 is 1.55 bits per heavy atom. The summed E-state index contributed by atoms with van der Waals surface area (Å²) in [5.74, 6) is 1.36. The summed E-state index contributed by atoms with van der Waals surface area (Å²) in [7, 11) is -3.65. The number of ether oxygens (including phenoxy) is 2. The predicted molar refractivity (Wildman–Crippen MR) is 114 cm³/mol. The topological polar surface area (TPSA) is 99.9 Å². The SMILES string of the molecule is CCOc1ccc(OCCC(=O)N2CCN(S(=O)(=O)c3ccc(C#N)cc3)CC2)cc1. The standard InChI is InChI=1S/C22H25N3O5S/c1-2-29-19-5-7-20(8-6-19)30-16-11-22(26)24-12-14-25(15-13-24)31(27,28)21-9-3-18(17-23)4-10-21/h3-10H,2,11-16H2,1H3. The molecule has 2 aromatic carbocycles. The number of carbonyl (C=O) groups excluding carboxylic acids is 1. The molecule has 3 rings (SSSR count). The van der Waals surface area contributed by atoms with Crippen LogP contribution < -0.4 is 9.47 Å². The van der Waals surface area contributed by atoms with Gasteiger partial charge in [-0.1, -0.05) is 0 Å². The van der Waals surface area contributed by atoms with Crippen LogP contribution in [0.15, 0.2) is 53.4 Å². The van der Waals surface area contributed by atoms with Gasteiger partial charge in [-0.3, -0.25) is 4.79 Å². The second-order valence-electron chi connectivity index (χ2n) is 6.92. The zero-order valence-corrected chi connectivity index (χ0v) is 18.2. The van der Waals surface area contributed by atoms with E-state index < -0.39 is 10.0 Å². The molecule has 0 spiro atoms. The zero-order chi connectivity index (χ0) is 22.3. The fraction of sp³-hybridized carbons (Fsp3) is 0.364. The van der Waals surface area contributed by atoms with Gasteiger partial charge in [-0.2, -0.15) is 9.57 Å². The van der Waals surface area contributed by atoms with Crippen LogP contribution in [-0.2, 0) is 14.8 Å². The molecule has 1 saturated heterocycles. The highest BCUT2D eigenvalue weighted by molar-refractivity contribution is 7.89. The fourth-order valence-electron chi connectivity index (χ4n) is 3.24. The minimum Gasteiger partial charge on any atom is -0.494 e. The van der Waals surface area contributed by atoms with Crippen LogP contribution in [0.4, 0.5) is 0 Å². The lowest BCUT2D eigenvalue weighted by Gasteiger charge is -2.34. The van der Waals surface area contributed by atoms with Crippen LogP contribution in [0.25, 0.3) is 0 Å². The van der Waals surface area contributed by atoms with Gasteiger partial charge in [0.05, 0.1) is 36.2 Å². The molecule has 8 nitrogen and oxygen atoms in total. The number of carbonyl (C=O) groups is 1.